The van der Waals surface area contributed by atoms with Crippen molar-refractivity contribution < 1.29 is 14.3 Å². The quantitative estimate of drug-likeness (QED) is 0.772. The molecule has 1 heterocycles. The summed E-state index contributed by atoms with van der Waals surface area (Å²) >= 11 is 0. The van der Waals surface area contributed by atoms with Crippen LogP contribution < -0.4 is 0 Å². The van der Waals surface area contributed by atoms with E-state index in [-0.39, 0.29) is 23.8 Å². The van der Waals surface area contributed by atoms with Crippen LogP contribution in [0.25, 0.3) is 0 Å². The van der Waals surface area contributed by atoms with Crippen LogP contribution in [0.1, 0.15) is 42.6 Å². The Bertz CT molecular complexity index is 830. The van der Waals surface area contributed by atoms with E-state index >= 15 is 0 Å². The number of carbonyl (C=O) groups excluding carboxylic acids is 2. The number of amides is 2. The number of hydrogen-bond donors (Lipinski definition) is 0. The molecule has 0 aliphatic carbocycles. The van der Waals surface area contributed by atoms with Crippen molar-refractivity contribution in [1.29, 1.82) is 0 Å². The standard InChI is InChI=1S/C24H30N2O3/c1-24(2,3)29-23(28)26-16-20(21(17-26)18-11-7-5-8-12-18)15-25(4)22(27)19-13-9-6-10-14-19/h5-14,20-21H,15-17H2,1-4H3/t20-,21?/m0/s1. The van der Waals surface area contributed by atoms with E-state index < -0.39 is 5.60 Å². The van der Waals surface area contributed by atoms with E-state index in [1.54, 1.807) is 9.80 Å². The smallest absolute Gasteiger partial charge is 0.410 e. The van der Waals surface area contributed by atoms with Crippen LogP contribution in [-0.4, -0.2) is 54.1 Å². The molecule has 2 aromatic rings. The molecular formula is C24H30N2O3. The molecule has 0 spiro atoms. The summed E-state index contributed by atoms with van der Waals surface area (Å²) in [5.74, 6) is 0.297. The maximum Gasteiger partial charge on any atom is 0.410 e. The fourth-order valence-corrected chi connectivity index (χ4v) is 3.85. The average molecular weight is 395 g/mol. The first-order chi connectivity index (χ1) is 13.7. The fourth-order valence-electron chi connectivity index (χ4n) is 3.85. The lowest BCUT2D eigenvalue weighted by atomic mass is 9.88. The Hall–Kier alpha value is -2.82. The average Bonchev–Trinajstić information content (AvgIpc) is 3.11. The maximum absolute atomic E-state index is 12.8. The number of hydrogen-bond acceptors (Lipinski definition) is 3. The Morgan fingerprint density at radius 2 is 1.59 bits per heavy atom. The van der Waals surface area contributed by atoms with Gasteiger partial charge in [0.25, 0.3) is 5.91 Å². The minimum absolute atomic E-state index is 0.00636. The van der Waals surface area contributed by atoms with Gasteiger partial charge in [-0.1, -0.05) is 48.5 Å². The Labute approximate surface area is 173 Å². The van der Waals surface area contributed by atoms with E-state index in [4.69, 9.17) is 4.74 Å². The van der Waals surface area contributed by atoms with Gasteiger partial charge in [0.05, 0.1) is 0 Å². The SMILES string of the molecule is CN(C[C@H]1CN(C(=O)OC(C)(C)C)CC1c1ccccc1)C(=O)c1ccccc1. The van der Waals surface area contributed by atoms with Gasteiger partial charge in [0.1, 0.15) is 5.60 Å². The van der Waals surface area contributed by atoms with Crippen molar-refractivity contribution in [2.45, 2.75) is 32.3 Å². The Balaban J connectivity index is 1.76. The van der Waals surface area contributed by atoms with Gasteiger partial charge in [-0.2, -0.15) is 0 Å². The summed E-state index contributed by atoms with van der Waals surface area (Å²) < 4.78 is 5.58. The number of ether oxygens (including phenoxy) is 1. The molecular weight excluding hydrogens is 364 g/mol. The van der Waals surface area contributed by atoms with Crippen molar-refractivity contribution in [2.75, 3.05) is 26.7 Å². The molecule has 0 bridgehead atoms. The Morgan fingerprint density at radius 3 is 2.17 bits per heavy atom. The summed E-state index contributed by atoms with van der Waals surface area (Å²) in [6.45, 7) is 7.36. The zero-order chi connectivity index (χ0) is 21.0. The molecule has 5 heteroatoms. The molecule has 1 fully saturated rings. The number of nitrogens with zero attached hydrogens (tertiary/aromatic N) is 2. The van der Waals surface area contributed by atoms with E-state index in [1.807, 2.05) is 76.3 Å². The molecule has 29 heavy (non-hydrogen) atoms. The minimum Gasteiger partial charge on any atom is -0.444 e. The topological polar surface area (TPSA) is 49.9 Å². The summed E-state index contributed by atoms with van der Waals surface area (Å²) in [7, 11) is 1.83. The summed E-state index contributed by atoms with van der Waals surface area (Å²) in [6.07, 6.45) is -0.294. The fraction of sp³-hybridized carbons (Fsp3) is 0.417. The zero-order valence-electron chi connectivity index (χ0n) is 17.7. The molecule has 2 amide bonds. The van der Waals surface area contributed by atoms with Crippen molar-refractivity contribution in [3.05, 3.63) is 71.8 Å². The predicted molar refractivity (Wildman–Crippen MR) is 114 cm³/mol. The summed E-state index contributed by atoms with van der Waals surface area (Å²) in [4.78, 5) is 29.0. The largest absolute Gasteiger partial charge is 0.444 e. The van der Waals surface area contributed by atoms with E-state index in [2.05, 4.69) is 12.1 Å². The van der Waals surface area contributed by atoms with Crippen LogP contribution in [0, 0.1) is 5.92 Å². The molecule has 2 aromatic carbocycles. The van der Waals surface area contributed by atoms with Gasteiger partial charge < -0.3 is 14.5 Å². The molecule has 1 aliphatic rings. The van der Waals surface area contributed by atoms with Crippen molar-refractivity contribution in [1.82, 2.24) is 9.80 Å². The zero-order valence-corrected chi connectivity index (χ0v) is 17.7. The van der Waals surface area contributed by atoms with Gasteiger partial charge in [-0.25, -0.2) is 4.79 Å². The minimum atomic E-state index is -0.530. The second-order valence-corrected chi connectivity index (χ2v) is 8.71. The normalized spacial score (nSPS) is 19.1. The molecule has 0 radical (unpaired) electrons. The Kier molecular flexibility index (Phi) is 6.26. The number of likely N-dealkylation sites (tertiary alicyclic amines) is 1. The third kappa shape index (κ3) is 5.37. The first kappa shape index (κ1) is 20.9. The maximum atomic E-state index is 12.8. The lowest BCUT2D eigenvalue weighted by Crippen LogP contribution is -2.37. The number of carbonyl (C=O) groups is 2. The molecule has 0 saturated carbocycles. The second-order valence-electron chi connectivity index (χ2n) is 8.71. The van der Waals surface area contributed by atoms with Crippen LogP contribution in [-0.2, 0) is 4.74 Å². The van der Waals surface area contributed by atoms with Gasteiger partial charge in [-0.15, -0.1) is 0 Å². The molecule has 0 N–H and O–H groups in total. The van der Waals surface area contributed by atoms with Gasteiger partial charge in [0, 0.05) is 44.1 Å². The third-order valence-electron chi connectivity index (χ3n) is 5.20. The first-order valence-corrected chi connectivity index (χ1v) is 10.1. The van der Waals surface area contributed by atoms with Gasteiger partial charge in [-0.3, -0.25) is 4.79 Å². The molecule has 1 saturated heterocycles. The monoisotopic (exact) mass is 394 g/mol. The van der Waals surface area contributed by atoms with Gasteiger partial charge in [0.15, 0.2) is 0 Å². The summed E-state index contributed by atoms with van der Waals surface area (Å²) in [6, 6.07) is 19.5. The van der Waals surface area contributed by atoms with E-state index in [0.717, 1.165) is 0 Å². The lowest BCUT2D eigenvalue weighted by Gasteiger charge is -2.25. The summed E-state index contributed by atoms with van der Waals surface area (Å²) in [5, 5.41) is 0. The van der Waals surface area contributed by atoms with Crippen molar-refractivity contribution in [3.8, 4) is 0 Å². The van der Waals surface area contributed by atoms with Crippen LogP contribution in [0.15, 0.2) is 60.7 Å². The highest BCUT2D eigenvalue weighted by Gasteiger charge is 2.38. The summed E-state index contributed by atoms with van der Waals surface area (Å²) in [5.41, 5.74) is 1.33. The lowest BCUT2D eigenvalue weighted by molar-refractivity contribution is 0.0285. The molecule has 1 unspecified atom stereocenters. The van der Waals surface area contributed by atoms with Crippen LogP contribution >= 0.6 is 0 Å². The second kappa shape index (κ2) is 8.68. The number of benzene rings is 2. The highest BCUT2D eigenvalue weighted by atomic mass is 16.6. The van der Waals surface area contributed by atoms with Crippen LogP contribution in [0.5, 0.6) is 0 Å². The number of rotatable bonds is 4. The third-order valence-corrected chi connectivity index (χ3v) is 5.20. The van der Waals surface area contributed by atoms with E-state index in [0.29, 0.717) is 25.2 Å². The molecule has 1 aliphatic heterocycles. The first-order valence-electron chi connectivity index (χ1n) is 10.1. The molecule has 2 atom stereocenters. The van der Waals surface area contributed by atoms with Crippen molar-refractivity contribution in [2.24, 2.45) is 5.92 Å². The van der Waals surface area contributed by atoms with Crippen LogP contribution in [0.2, 0.25) is 0 Å². The molecule has 154 valence electrons. The van der Waals surface area contributed by atoms with Gasteiger partial charge in [-0.05, 0) is 38.5 Å². The van der Waals surface area contributed by atoms with Crippen molar-refractivity contribution in [3.63, 3.8) is 0 Å². The van der Waals surface area contributed by atoms with Crippen LogP contribution in [0.4, 0.5) is 4.79 Å². The molecule has 5 nitrogen and oxygen atoms in total. The van der Waals surface area contributed by atoms with E-state index in [9.17, 15) is 9.59 Å². The van der Waals surface area contributed by atoms with Gasteiger partial charge >= 0.3 is 6.09 Å². The molecule has 3 rings (SSSR count). The Morgan fingerprint density at radius 1 is 1.00 bits per heavy atom. The van der Waals surface area contributed by atoms with E-state index in [1.165, 1.54) is 5.56 Å². The molecule has 0 aromatic heterocycles. The van der Waals surface area contributed by atoms with Gasteiger partial charge in [0.2, 0.25) is 0 Å². The predicted octanol–water partition coefficient (Wildman–Crippen LogP) is 4.41. The highest BCUT2D eigenvalue weighted by Crippen LogP contribution is 2.34. The van der Waals surface area contributed by atoms with Crippen LogP contribution in [0.3, 0.4) is 0 Å². The highest BCUT2D eigenvalue weighted by molar-refractivity contribution is 5.94. The van der Waals surface area contributed by atoms with Crippen molar-refractivity contribution >= 4 is 12.0 Å².